The van der Waals surface area contributed by atoms with Gasteiger partial charge < -0.3 is 0 Å². The topological polar surface area (TPSA) is 60.4 Å². The standard InChI is InChI=1S/C17H21F3O4S/c1-11-8-13-10-16(7-6-14(13)15(11)21,9-12-4-2-3-5-12)24-25(22,23)17(18,19)20/h6-7,11-12H,2-5,8-10H2,1H3. The Morgan fingerprint density at radius 2 is 1.92 bits per heavy atom. The van der Waals surface area contributed by atoms with E-state index in [1.165, 1.54) is 12.2 Å². The predicted octanol–water partition coefficient (Wildman–Crippen LogP) is 4.04. The lowest BCUT2D eigenvalue weighted by Crippen LogP contribution is -2.41. The van der Waals surface area contributed by atoms with Crippen LogP contribution in [0.1, 0.15) is 51.9 Å². The highest BCUT2D eigenvalue weighted by atomic mass is 32.2. The molecule has 2 unspecified atom stereocenters. The maximum atomic E-state index is 12.9. The minimum atomic E-state index is -5.71. The molecule has 0 aromatic heterocycles. The van der Waals surface area contributed by atoms with Crippen LogP contribution in [0.15, 0.2) is 23.3 Å². The van der Waals surface area contributed by atoms with Crippen LogP contribution < -0.4 is 0 Å². The summed E-state index contributed by atoms with van der Waals surface area (Å²) in [5.41, 5.74) is -5.80. The summed E-state index contributed by atoms with van der Waals surface area (Å²) < 4.78 is 66.7. The van der Waals surface area contributed by atoms with Crippen LogP contribution in [-0.2, 0) is 19.1 Å². The van der Waals surface area contributed by atoms with Gasteiger partial charge in [-0.3, -0.25) is 8.98 Å². The first kappa shape index (κ1) is 18.6. The van der Waals surface area contributed by atoms with E-state index in [4.69, 9.17) is 4.18 Å². The van der Waals surface area contributed by atoms with Gasteiger partial charge in [-0.2, -0.15) is 21.6 Å². The van der Waals surface area contributed by atoms with Crippen molar-refractivity contribution in [2.24, 2.45) is 11.8 Å². The quantitative estimate of drug-likeness (QED) is 0.547. The summed E-state index contributed by atoms with van der Waals surface area (Å²) in [6, 6.07) is 0. The summed E-state index contributed by atoms with van der Waals surface area (Å²) in [7, 11) is -5.71. The minimum Gasteiger partial charge on any atom is -0.294 e. The lowest BCUT2D eigenvalue weighted by molar-refractivity contribution is -0.117. The zero-order chi connectivity index (χ0) is 18.5. The van der Waals surface area contributed by atoms with Crippen LogP contribution in [0, 0.1) is 11.8 Å². The third kappa shape index (κ3) is 3.56. The largest absolute Gasteiger partial charge is 0.523 e. The first-order valence-electron chi connectivity index (χ1n) is 8.50. The number of ketones is 1. The van der Waals surface area contributed by atoms with Gasteiger partial charge in [0, 0.05) is 17.9 Å². The molecule has 0 aromatic rings. The molecule has 1 fully saturated rings. The number of Topliss-reactive ketones (excluding diaryl/α,β-unsaturated/α-hetero) is 1. The summed E-state index contributed by atoms with van der Waals surface area (Å²) in [5.74, 6) is -0.139. The number of rotatable bonds is 4. The molecule has 3 aliphatic carbocycles. The Labute approximate surface area is 145 Å². The van der Waals surface area contributed by atoms with Gasteiger partial charge in [0.25, 0.3) is 0 Å². The second-order valence-corrected chi connectivity index (χ2v) is 8.94. The maximum Gasteiger partial charge on any atom is 0.523 e. The van der Waals surface area contributed by atoms with Gasteiger partial charge in [-0.05, 0) is 18.8 Å². The highest BCUT2D eigenvalue weighted by Crippen LogP contribution is 2.46. The van der Waals surface area contributed by atoms with Gasteiger partial charge in [0.05, 0.1) is 0 Å². The third-order valence-electron chi connectivity index (χ3n) is 5.38. The lowest BCUT2D eigenvalue weighted by Gasteiger charge is -2.35. The Kier molecular flexibility index (Phi) is 4.64. The van der Waals surface area contributed by atoms with E-state index < -0.39 is 21.2 Å². The van der Waals surface area contributed by atoms with Gasteiger partial charge in [-0.25, -0.2) is 0 Å². The van der Waals surface area contributed by atoms with E-state index in [0.29, 0.717) is 17.6 Å². The summed E-state index contributed by atoms with van der Waals surface area (Å²) in [4.78, 5) is 12.1. The molecular weight excluding hydrogens is 357 g/mol. The van der Waals surface area contributed by atoms with E-state index in [0.717, 1.165) is 25.7 Å². The van der Waals surface area contributed by atoms with Crippen molar-refractivity contribution in [2.75, 3.05) is 0 Å². The zero-order valence-corrected chi connectivity index (χ0v) is 14.8. The molecule has 2 atom stereocenters. The number of hydrogen-bond acceptors (Lipinski definition) is 4. The number of halogens is 3. The Morgan fingerprint density at radius 3 is 2.52 bits per heavy atom. The van der Waals surface area contributed by atoms with Crippen LogP contribution in [0.25, 0.3) is 0 Å². The molecule has 3 aliphatic rings. The summed E-state index contributed by atoms with van der Waals surface area (Å²) in [6.45, 7) is 1.76. The van der Waals surface area contributed by atoms with E-state index in [-0.39, 0.29) is 30.5 Å². The fraction of sp³-hybridized carbons (Fsp3) is 0.706. The first-order valence-corrected chi connectivity index (χ1v) is 9.91. The number of allylic oxidation sites excluding steroid dienone is 2. The normalized spacial score (nSPS) is 31.0. The SMILES string of the molecule is CC1CC2=C(C=CC(CC3CCCC3)(OS(=O)(=O)C(F)(F)F)C2)C1=O. The van der Waals surface area contributed by atoms with Crippen molar-refractivity contribution in [3.05, 3.63) is 23.3 Å². The van der Waals surface area contributed by atoms with Gasteiger partial charge >= 0.3 is 15.6 Å². The van der Waals surface area contributed by atoms with Gasteiger partial charge in [-0.15, -0.1) is 0 Å². The Hall–Kier alpha value is -1.15. The molecule has 0 bridgehead atoms. The maximum absolute atomic E-state index is 12.9. The van der Waals surface area contributed by atoms with E-state index in [1.807, 2.05) is 0 Å². The van der Waals surface area contributed by atoms with Crippen LogP contribution in [-0.4, -0.2) is 25.3 Å². The molecule has 0 radical (unpaired) electrons. The highest BCUT2D eigenvalue weighted by Gasteiger charge is 2.53. The van der Waals surface area contributed by atoms with Crippen molar-refractivity contribution in [3.8, 4) is 0 Å². The molecule has 0 amide bonds. The second kappa shape index (κ2) is 6.23. The fourth-order valence-electron chi connectivity index (χ4n) is 4.23. The molecule has 8 heteroatoms. The zero-order valence-electron chi connectivity index (χ0n) is 13.9. The van der Waals surface area contributed by atoms with Gasteiger partial charge in [0.2, 0.25) is 0 Å². The molecule has 1 saturated carbocycles. The molecule has 0 heterocycles. The lowest BCUT2D eigenvalue weighted by atomic mass is 9.80. The predicted molar refractivity (Wildman–Crippen MR) is 84.9 cm³/mol. The number of hydrogen-bond donors (Lipinski definition) is 0. The van der Waals surface area contributed by atoms with Gasteiger partial charge in [0.15, 0.2) is 5.78 Å². The fourth-order valence-corrected chi connectivity index (χ4v) is 4.95. The number of carbonyl (C=O) groups is 1. The Morgan fingerprint density at radius 1 is 1.28 bits per heavy atom. The third-order valence-corrected chi connectivity index (χ3v) is 6.50. The van der Waals surface area contributed by atoms with E-state index in [9.17, 15) is 26.4 Å². The van der Waals surface area contributed by atoms with E-state index in [2.05, 4.69) is 0 Å². The molecular formula is C17H21F3O4S. The molecule has 0 N–H and O–H groups in total. The Bertz CT molecular complexity index is 729. The van der Waals surface area contributed by atoms with Crippen LogP contribution in [0.2, 0.25) is 0 Å². The smallest absolute Gasteiger partial charge is 0.294 e. The van der Waals surface area contributed by atoms with Crippen LogP contribution >= 0.6 is 0 Å². The van der Waals surface area contributed by atoms with Crippen molar-refractivity contribution < 1.29 is 30.6 Å². The average Bonchev–Trinajstić information content (AvgIpc) is 3.06. The van der Waals surface area contributed by atoms with Gasteiger partial charge in [0.1, 0.15) is 5.60 Å². The molecule has 3 rings (SSSR count). The summed E-state index contributed by atoms with van der Waals surface area (Å²) in [5, 5.41) is 0. The molecule has 4 nitrogen and oxygen atoms in total. The molecule has 0 spiro atoms. The van der Waals surface area contributed by atoms with Crippen LogP contribution in [0.3, 0.4) is 0 Å². The van der Waals surface area contributed by atoms with Crippen molar-refractivity contribution in [1.82, 2.24) is 0 Å². The van der Waals surface area contributed by atoms with Crippen molar-refractivity contribution >= 4 is 15.9 Å². The molecule has 140 valence electrons. The number of carbonyl (C=O) groups excluding carboxylic acids is 1. The molecule has 25 heavy (non-hydrogen) atoms. The Balaban J connectivity index is 1.91. The number of alkyl halides is 3. The second-order valence-electron chi connectivity index (χ2n) is 7.40. The van der Waals surface area contributed by atoms with Crippen molar-refractivity contribution in [3.63, 3.8) is 0 Å². The van der Waals surface area contributed by atoms with E-state index in [1.54, 1.807) is 6.92 Å². The van der Waals surface area contributed by atoms with E-state index >= 15 is 0 Å². The average molecular weight is 378 g/mol. The monoisotopic (exact) mass is 378 g/mol. The molecule has 0 aliphatic heterocycles. The molecule has 0 saturated heterocycles. The summed E-state index contributed by atoms with van der Waals surface area (Å²) >= 11 is 0. The van der Waals surface area contributed by atoms with Crippen molar-refractivity contribution in [1.29, 1.82) is 0 Å². The van der Waals surface area contributed by atoms with Crippen LogP contribution in [0.4, 0.5) is 13.2 Å². The first-order chi connectivity index (χ1) is 11.5. The van der Waals surface area contributed by atoms with Crippen molar-refractivity contribution in [2.45, 2.75) is 63.0 Å². The highest BCUT2D eigenvalue weighted by molar-refractivity contribution is 7.87. The van der Waals surface area contributed by atoms with Gasteiger partial charge in [-0.1, -0.05) is 50.3 Å². The summed E-state index contributed by atoms with van der Waals surface area (Å²) in [6.07, 6.45) is 7.20. The molecule has 0 aromatic carbocycles. The minimum absolute atomic E-state index is 0.0285. The van der Waals surface area contributed by atoms with Crippen LogP contribution in [0.5, 0.6) is 0 Å².